The molecule has 1 aliphatic heterocycles. The van der Waals surface area contributed by atoms with Crippen LogP contribution in [0.2, 0.25) is 0 Å². The van der Waals surface area contributed by atoms with Crippen LogP contribution >= 0.6 is 12.4 Å². The highest BCUT2D eigenvalue weighted by Crippen LogP contribution is 2.38. The number of halogens is 4. The Morgan fingerprint density at radius 3 is 2.64 bits per heavy atom. The first-order valence-electron chi connectivity index (χ1n) is 9.89. The van der Waals surface area contributed by atoms with E-state index < -0.39 is 17.6 Å². The summed E-state index contributed by atoms with van der Waals surface area (Å²) < 4.78 is 46.8. The summed E-state index contributed by atoms with van der Waals surface area (Å²) in [6.45, 7) is 1.50. The van der Waals surface area contributed by atoms with Gasteiger partial charge in [0.2, 0.25) is 0 Å². The second-order valence-electron chi connectivity index (χ2n) is 7.24. The second-order valence-corrected chi connectivity index (χ2v) is 7.24. The van der Waals surface area contributed by atoms with E-state index in [1.54, 1.807) is 24.3 Å². The minimum Gasteiger partial charge on any atom is -0.487 e. The van der Waals surface area contributed by atoms with Gasteiger partial charge in [0.1, 0.15) is 17.5 Å². The number of amides is 1. The fourth-order valence-electron chi connectivity index (χ4n) is 3.41. The largest absolute Gasteiger partial charge is 0.487 e. The third kappa shape index (κ3) is 5.52. The van der Waals surface area contributed by atoms with E-state index in [1.807, 2.05) is 0 Å². The third-order valence-electron chi connectivity index (χ3n) is 4.96. The molecule has 11 heteroatoms. The molecule has 3 heterocycles. The minimum absolute atomic E-state index is 0. The number of anilines is 2. The molecule has 4 rings (SSSR count). The molecular weight excluding hydrogens is 459 g/mol. The van der Waals surface area contributed by atoms with Crippen molar-refractivity contribution in [1.29, 1.82) is 0 Å². The number of aromatic nitrogens is 2. The fourth-order valence-corrected chi connectivity index (χ4v) is 3.41. The van der Waals surface area contributed by atoms with Crippen molar-refractivity contribution in [2.75, 3.05) is 24.1 Å². The number of hydrogen-bond acceptors (Lipinski definition) is 6. The van der Waals surface area contributed by atoms with Crippen LogP contribution in [0.15, 0.2) is 54.9 Å². The van der Waals surface area contributed by atoms with Gasteiger partial charge in [-0.1, -0.05) is 30.3 Å². The van der Waals surface area contributed by atoms with Crippen molar-refractivity contribution in [2.45, 2.75) is 18.7 Å². The molecular formula is C22H21ClF3N5O2. The number of carbonyl (C=O) groups excluding carboxylic acids is 1. The Hall–Kier alpha value is -3.37. The van der Waals surface area contributed by atoms with Gasteiger partial charge in [-0.15, -0.1) is 12.4 Å². The number of nitrogen functional groups attached to an aromatic ring is 1. The molecule has 4 N–H and O–H groups in total. The summed E-state index contributed by atoms with van der Waals surface area (Å²) in [6.07, 6.45) is -1.03. The fraction of sp³-hybridized carbons (Fsp3) is 0.227. The normalized spacial score (nSPS) is 15.5. The van der Waals surface area contributed by atoms with Crippen LogP contribution in [-0.4, -0.2) is 35.1 Å². The SMILES string of the molecule is Cl.Nc1cc(C(F)(F)F)c(-c2ccccc2)nc1C(=O)Nc1cnccc1OC1CCNC1. The Kier molecular flexibility index (Phi) is 7.39. The summed E-state index contributed by atoms with van der Waals surface area (Å²) in [4.78, 5) is 20.9. The highest BCUT2D eigenvalue weighted by Gasteiger charge is 2.36. The predicted molar refractivity (Wildman–Crippen MR) is 120 cm³/mol. The van der Waals surface area contributed by atoms with E-state index >= 15 is 0 Å². The van der Waals surface area contributed by atoms with Gasteiger partial charge in [0.15, 0.2) is 5.69 Å². The molecule has 1 saturated heterocycles. The van der Waals surface area contributed by atoms with Crippen LogP contribution in [0.4, 0.5) is 24.5 Å². The summed E-state index contributed by atoms with van der Waals surface area (Å²) in [5.74, 6) is -0.369. The van der Waals surface area contributed by atoms with Crippen LogP contribution in [0.3, 0.4) is 0 Å². The van der Waals surface area contributed by atoms with E-state index in [2.05, 4.69) is 20.6 Å². The first-order chi connectivity index (χ1) is 15.3. The van der Waals surface area contributed by atoms with E-state index in [-0.39, 0.29) is 46.8 Å². The maximum atomic E-state index is 13.6. The lowest BCUT2D eigenvalue weighted by Crippen LogP contribution is -2.22. The standard InChI is InChI=1S/C22H20F3N5O2.ClH/c23-22(24,25)15-10-16(26)20(30-19(15)13-4-2-1-3-5-13)21(31)29-17-12-28-9-7-18(17)32-14-6-8-27-11-14;/h1-5,7,9-10,12,14,27H,6,8,11,26H2,(H,29,31);1H. The van der Waals surface area contributed by atoms with E-state index in [4.69, 9.17) is 10.5 Å². The van der Waals surface area contributed by atoms with Crippen molar-refractivity contribution in [3.05, 3.63) is 66.1 Å². The number of rotatable bonds is 5. The molecule has 7 nitrogen and oxygen atoms in total. The van der Waals surface area contributed by atoms with Gasteiger partial charge in [-0.05, 0) is 19.0 Å². The highest BCUT2D eigenvalue weighted by atomic mass is 35.5. The van der Waals surface area contributed by atoms with Gasteiger partial charge in [-0.25, -0.2) is 4.98 Å². The molecule has 1 amide bonds. The van der Waals surface area contributed by atoms with E-state index in [1.165, 1.54) is 24.5 Å². The molecule has 174 valence electrons. The van der Waals surface area contributed by atoms with Gasteiger partial charge in [0.05, 0.1) is 23.1 Å². The van der Waals surface area contributed by atoms with Crippen molar-refractivity contribution in [2.24, 2.45) is 0 Å². The number of carbonyl (C=O) groups is 1. The number of nitrogens with zero attached hydrogens (tertiary/aromatic N) is 2. The Bertz CT molecular complexity index is 1120. The number of hydrogen-bond donors (Lipinski definition) is 3. The van der Waals surface area contributed by atoms with Crippen molar-refractivity contribution in [1.82, 2.24) is 15.3 Å². The van der Waals surface area contributed by atoms with Gasteiger partial charge in [-0.3, -0.25) is 9.78 Å². The Balaban J connectivity index is 0.00000306. The summed E-state index contributed by atoms with van der Waals surface area (Å²) in [6, 6.07) is 10.2. The lowest BCUT2D eigenvalue weighted by Gasteiger charge is -2.17. The summed E-state index contributed by atoms with van der Waals surface area (Å²) in [5, 5.41) is 5.79. The predicted octanol–water partition coefficient (Wildman–Crippen LogP) is 4.16. The van der Waals surface area contributed by atoms with Gasteiger partial charge < -0.3 is 21.1 Å². The summed E-state index contributed by atoms with van der Waals surface area (Å²) >= 11 is 0. The molecule has 1 unspecified atom stereocenters. The number of ether oxygens (including phenoxy) is 1. The highest BCUT2D eigenvalue weighted by molar-refractivity contribution is 6.07. The molecule has 1 aromatic carbocycles. The molecule has 0 bridgehead atoms. The molecule has 2 aromatic heterocycles. The average molecular weight is 480 g/mol. The maximum Gasteiger partial charge on any atom is 0.418 e. The Morgan fingerprint density at radius 1 is 1.21 bits per heavy atom. The Morgan fingerprint density at radius 2 is 1.97 bits per heavy atom. The molecule has 1 aliphatic rings. The lowest BCUT2D eigenvalue weighted by atomic mass is 10.0. The van der Waals surface area contributed by atoms with Gasteiger partial charge >= 0.3 is 6.18 Å². The topological polar surface area (TPSA) is 102 Å². The van der Waals surface area contributed by atoms with Crippen molar-refractivity contribution >= 4 is 29.7 Å². The van der Waals surface area contributed by atoms with Crippen molar-refractivity contribution < 1.29 is 22.7 Å². The second kappa shape index (κ2) is 10.1. The van der Waals surface area contributed by atoms with Crippen LogP contribution in [0.25, 0.3) is 11.3 Å². The molecule has 0 aliphatic carbocycles. The van der Waals surface area contributed by atoms with Crippen LogP contribution in [0, 0.1) is 0 Å². The van der Waals surface area contributed by atoms with Gasteiger partial charge in [0, 0.05) is 24.4 Å². The molecule has 1 atom stereocenters. The van der Waals surface area contributed by atoms with E-state index in [0.29, 0.717) is 12.3 Å². The molecule has 33 heavy (non-hydrogen) atoms. The Labute approximate surface area is 194 Å². The monoisotopic (exact) mass is 479 g/mol. The minimum atomic E-state index is -4.69. The van der Waals surface area contributed by atoms with Gasteiger partial charge in [-0.2, -0.15) is 13.2 Å². The van der Waals surface area contributed by atoms with Crippen LogP contribution in [0.1, 0.15) is 22.5 Å². The molecule has 1 fully saturated rings. The summed E-state index contributed by atoms with van der Waals surface area (Å²) in [5.41, 5.74) is 4.19. The van der Waals surface area contributed by atoms with Crippen LogP contribution < -0.4 is 21.1 Å². The van der Waals surface area contributed by atoms with Crippen molar-refractivity contribution in [3.63, 3.8) is 0 Å². The van der Waals surface area contributed by atoms with Gasteiger partial charge in [0.25, 0.3) is 5.91 Å². The maximum absolute atomic E-state index is 13.6. The lowest BCUT2D eigenvalue weighted by molar-refractivity contribution is -0.137. The number of pyridine rings is 2. The molecule has 0 radical (unpaired) electrons. The molecule has 0 spiro atoms. The first kappa shape index (κ1) is 24.3. The number of nitrogens with one attached hydrogen (secondary N) is 2. The molecule has 3 aromatic rings. The number of alkyl halides is 3. The van der Waals surface area contributed by atoms with E-state index in [9.17, 15) is 18.0 Å². The number of benzene rings is 1. The van der Waals surface area contributed by atoms with Crippen LogP contribution in [0.5, 0.6) is 5.75 Å². The van der Waals surface area contributed by atoms with E-state index in [0.717, 1.165) is 19.0 Å². The number of nitrogens with two attached hydrogens (primary N) is 1. The molecule has 0 saturated carbocycles. The summed E-state index contributed by atoms with van der Waals surface area (Å²) in [7, 11) is 0. The average Bonchev–Trinajstić information content (AvgIpc) is 3.28. The van der Waals surface area contributed by atoms with Crippen molar-refractivity contribution in [3.8, 4) is 17.0 Å². The zero-order chi connectivity index (χ0) is 22.7. The smallest absolute Gasteiger partial charge is 0.418 e. The quantitative estimate of drug-likeness (QED) is 0.508. The van der Waals surface area contributed by atoms with Crippen LogP contribution in [-0.2, 0) is 6.18 Å². The third-order valence-corrected chi connectivity index (χ3v) is 4.96. The first-order valence-corrected chi connectivity index (χ1v) is 9.89. The zero-order valence-corrected chi connectivity index (χ0v) is 18.0. The zero-order valence-electron chi connectivity index (χ0n) is 17.2.